The zero-order valence-electron chi connectivity index (χ0n) is 10.3. The van der Waals surface area contributed by atoms with Gasteiger partial charge in [0.15, 0.2) is 0 Å². The molecule has 1 saturated carbocycles. The topological polar surface area (TPSA) is 29.1 Å². The Hall–Kier alpha value is -1.38. The maximum Gasteiger partial charge on any atom is 0.254 e. The predicted octanol–water partition coefficient (Wildman–Crippen LogP) is 3.05. The van der Waals surface area contributed by atoms with Crippen molar-refractivity contribution in [3.05, 3.63) is 35.1 Å². The standard InChI is InChI=1S/C14H18FNO/c1-3-4-10-8-13(10)16-14(17)11-6-5-9(2)7-12(11)15/h5-7,10,13H,3-4,8H2,1-2H3,(H,16,17). The molecule has 1 N–H and O–H groups in total. The molecule has 2 rings (SSSR count). The fraction of sp³-hybridized carbons (Fsp3) is 0.500. The van der Waals surface area contributed by atoms with Crippen LogP contribution in [0.5, 0.6) is 0 Å². The number of hydrogen-bond acceptors (Lipinski definition) is 1. The number of nitrogens with one attached hydrogen (secondary N) is 1. The second-order valence-electron chi connectivity index (χ2n) is 4.85. The van der Waals surface area contributed by atoms with Crippen molar-refractivity contribution in [2.75, 3.05) is 0 Å². The average molecular weight is 235 g/mol. The zero-order chi connectivity index (χ0) is 12.4. The maximum absolute atomic E-state index is 13.6. The van der Waals surface area contributed by atoms with Gasteiger partial charge in [-0.1, -0.05) is 19.4 Å². The Morgan fingerprint density at radius 2 is 2.29 bits per heavy atom. The summed E-state index contributed by atoms with van der Waals surface area (Å²) in [4.78, 5) is 11.8. The van der Waals surface area contributed by atoms with Gasteiger partial charge in [-0.05, 0) is 43.4 Å². The fourth-order valence-corrected chi connectivity index (χ4v) is 2.16. The lowest BCUT2D eigenvalue weighted by atomic mass is 10.1. The van der Waals surface area contributed by atoms with Gasteiger partial charge in [-0.2, -0.15) is 0 Å². The molecule has 3 heteroatoms. The van der Waals surface area contributed by atoms with Gasteiger partial charge in [0.1, 0.15) is 5.82 Å². The summed E-state index contributed by atoms with van der Waals surface area (Å²) < 4.78 is 13.6. The number of benzene rings is 1. The van der Waals surface area contributed by atoms with E-state index >= 15 is 0 Å². The van der Waals surface area contributed by atoms with Crippen molar-refractivity contribution in [3.63, 3.8) is 0 Å². The van der Waals surface area contributed by atoms with Crippen LogP contribution in [0.2, 0.25) is 0 Å². The second-order valence-corrected chi connectivity index (χ2v) is 4.85. The first-order chi connectivity index (χ1) is 8.11. The molecule has 0 aliphatic heterocycles. The van der Waals surface area contributed by atoms with Crippen LogP contribution in [0.3, 0.4) is 0 Å². The quantitative estimate of drug-likeness (QED) is 0.853. The third-order valence-corrected chi connectivity index (χ3v) is 3.27. The van der Waals surface area contributed by atoms with Crippen LogP contribution in [-0.2, 0) is 0 Å². The molecular formula is C14H18FNO. The number of aryl methyl sites for hydroxylation is 1. The van der Waals surface area contributed by atoms with Gasteiger partial charge in [0, 0.05) is 6.04 Å². The monoisotopic (exact) mass is 235 g/mol. The van der Waals surface area contributed by atoms with E-state index in [0.717, 1.165) is 24.8 Å². The van der Waals surface area contributed by atoms with E-state index in [9.17, 15) is 9.18 Å². The van der Waals surface area contributed by atoms with Gasteiger partial charge in [0.05, 0.1) is 5.56 Å². The van der Waals surface area contributed by atoms with Crippen LogP contribution in [0.4, 0.5) is 4.39 Å². The molecule has 0 radical (unpaired) electrons. The molecule has 1 fully saturated rings. The molecule has 1 aromatic rings. The van der Waals surface area contributed by atoms with Gasteiger partial charge in [0.2, 0.25) is 0 Å². The van der Waals surface area contributed by atoms with E-state index in [1.165, 1.54) is 6.07 Å². The molecular weight excluding hydrogens is 217 g/mol. The van der Waals surface area contributed by atoms with E-state index in [1.807, 2.05) is 6.92 Å². The zero-order valence-corrected chi connectivity index (χ0v) is 10.3. The smallest absolute Gasteiger partial charge is 0.254 e. The number of amides is 1. The van der Waals surface area contributed by atoms with Gasteiger partial charge >= 0.3 is 0 Å². The van der Waals surface area contributed by atoms with E-state index < -0.39 is 5.82 Å². The van der Waals surface area contributed by atoms with Crippen LogP contribution in [-0.4, -0.2) is 11.9 Å². The van der Waals surface area contributed by atoms with Crippen molar-refractivity contribution in [1.29, 1.82) is 0 Å². The van der Waals surface area contributed by atoms with Crippen molar-refractivity contribution >= 4 is 5.91 Å². The summed E-state index contributed by atoms with van der Waals surface area (Å²) in [7, 11) is 0. The highest BCUT2D eigenvalue weighted by Gasteiger charge is 2.37. The van der Waals surface area contributed by atoms with Gasteiger partial charge in [-0.15, -0.1) is 0 Å². The highest BCUT2D eigenvalue weighted by molar-refractivity contribution is 5.94. The lowest BCUT2D eigenvalue weighted by Gasteiger charge is -2.06. The first-order valence-electron chi connectivity index (χ1n) is 6.19. The minimum absolute atomic E-state index is 0.151. The summed E-state index contributed by atoms with van der Waals surface area (Å²) in [5.74, 6) is -0.126. The Morgan fingerprint density at radius 3 is 2.94 bits per heavy atom. The lowest BCUT2D eigenvalue weighted by Crippen LogP contribution is -2.27. The molecule has 2 unspecified atom stereocenters. The number of carbonyl (C=O) groups excluding carboxylic acids is 1. The first-order valence-corrected chi connectivity index (χ1v) is 6.19. The number of hydrogen-bond donors (Lipinski definition) is 1. The van der Waals surface area contributed by atoms with Crippen LogP contribution in [0, 0.1) is 18.7 Å². The Morgan fingerprint density at radius 1 is 1.53 bits per heavy atom. The van der Waals surface area contributed by atoms with Crippen LogP contribution in [0.25, 0.3) is 0 Å². The molecule has 1 amide bonds. The Balaban J connectivity index is 1.96. The number of halogens is 1. The molecule has 2 atom stereocenters. The van der Waals surface area contributed by atoms with Gasteiger partial charge in [0.25, 0.3) is 5.91 Å². The van der Waals surface area contributed by atoms with E-state index in [1.54, 1.807) is 12.1 Å². The summed E-state index contributed by atoms with van der Waals surface area (Å²) in [6.45, 7) is 3.94. The van der Waals surface area contributed by atoms with Crippen LogP contribution >= 0.6 is 0 Å². The van der Waals surface area contributed by atoms with E-state index in [0.29, 0.717) is 5.92 Å². The third kappa shape index (κ3) is 2.84. The van der Waals surface area contributed by atoms with Gasteiger partial charge in [-0.3, -0.25) is 4.79 Å². The van der Waals surface area contributed by atoms with Crippen molar-refractivity contribution in [2.24, 2.45) is 5.92 Å². The molecule has 1 aliphatic carbocycles. The molecule has 0 bridgehead atoms. The summed E-state index contributed by atoms with van der Waals surface area (Å²) >= 11 is 0. The van der Waals surface area contributed by atoms with Crippen LogP contribution in [0.15, 0.2) is 18.2 Å². The first kappa shape index (κ1) is 12.1. The Labute approximate surface area is 101 Å². The van der Waals surface area contributed by atoms with Crippen molar-refractivity contribution < 1.29 is 9.18 Å². The molecule has 1 aromatic carbocycles. The lowest BCUT2D eigenvalue weighted by molar-refractivity contribution is 0.0945. The molecule has 17 heavy (non-hydrogen) atoms. The van der Waals surface area contributed by atoms with Crippen molar-refractivity contribution in [1.82, 2.24) is 5.32 Å². The molecule has 92 valence electrons. The fourth-order valence-electron chi connectivity index (χ4n) is 2.16. The molecule has 0 aromatic heterocycles. The maximum atomic E-state index is 13.6. The summed E-state index contributed by atoms with van der Waals surface area (Å²) in [6, 6.07) is 4.96. The molecule has 0 saturated heterocycles. The van der Waals surface area contributed by atoms with Crippen molar-refractivity contribution in [2.45, 2.75) is 39.2 Å². The molecule has 0 heterocycles. The van der Waals surface area contributed by atoms with Gasteiger partial charge < -0.3 is 5.32 Å². The number of rotatable bonds is 4. The molecule has 0 spiro atoms. The van der Waals surface area contributed by atoms with E-state index in [2.05, 4.69) is 12.2 Å². The highest BCUT2D eigenvalue weighted by Crippen LogP contribution is 2.34. The summed E-state index contributed by atoms with van der Waals surface area (Å²) in [5.41, 5.74) is 0.979. The summed E-state index contributed by atoms with van der Waals surface area (Å²) in [5, 5.41) is 2.89. The summed E-state index contributed by atoms with van der Waals surface area (Å²) in [6.07, 6.45) is 3.31. The largest absolute Gasteiger partial charge is 0.349 e. The Bertz CT molecular complexity index is 430. The molecule has 2 nitrogen and oxygen atoms in total. The minimum Gasteiger partial charge on any atom is -0.349 e. The third-order valence-electron chi connectivity index (χ3n) is 3.27. The van der Waals surface area contributed by atoms with Crippen molar-refractivity contribution in [3.8, 4) is 0 Å². The van der Waals surface area contributed by atoms with E-state index in [4.69, 9.17) is 0 Å². The normalized spacial score (nSPS) is 22.3. The highest BCUT2D eigenvalue weighted by atomic mass is 19.1. The minimum atomic E-state index is -0.435. The molecule has 1 aliphatic rings. The Kier molecular flexibility index (Phi) is 3.46. The van der Waals surface area contributed by atoms with Gasteiger partial charge in [-0.25, -0.2) is 4.39 Å². The van der Waals surface area contributed by atoms with Crippen LogP contribution in [0.1, 0.15) is 42.1 Å². The second kappa shape index (κ2) is 4.86. The predicted molar refractivity (Wildman–Crippen MR) is 65.4 cm³/mol. The average Bonchev–Trinajstić information content (AvgIpc) is 2.96. The SMILES string of the molecule is CCCC1CC1NC(=O)c1ccc(C)cc1F. The van der Waals surface area contributed by atoms with Crippen LogP contribution < -0.4 is 5.32 Å². The number of carbonyl (C=O) groups is 1. The van der Waals surface area contributed by atoms with E-state index in [-0.39, 0.29) is 17.5 Å².